The second kappa shape index (κ2) is 6.29. The lowest BCUT2D eigenvalue weighted by Crippen LogP contribution is -1.91. The van der Waals surface area contributed by atoms with Crippen LogP contribution in [0.15, 0.2) is 47.5 Å². The van der Waals surface area contributed by atoms with Crippen molar-refractivity contribution < 1.29 is 0 Å². The van der Waals surface area contributed by atoms with Crippen LogP contribution in [0.2, 0.25) is 10.0 Å². The van der Waals surface area contributed by atoms with Crippen molar-refractivity contribution in [2.45, 2.75) is 11.3 Å². The number of nitrogens with zero attached hydrogens (tertiary/aromatic N) is 1. The van der Waals surface area contributed by atoms with Crippen LogP contribution in [-0.4, -0.2) is 10.7 Å². The molecule has 0 N–H and O–H groups in total. The minimum atomic E-state index is 0.712. The van der Waals surface area contributed by atoms with Gasteiger partial charge in [0.15, 0.2) is 0 Å². The van der Waals surface area contributed by atoms with Crippen molar-refractivity contribution in [2.24, 2.45) is 0 Å². The van der Waals surface area contributed by atoms with E-state index in [0.29, 0.717) is 10.0 Å². The highest BCUT2D eigenvalue weighted by Crippen LogP contribution is 2.33. The molecule has 88 valence electrons. The van der Waals surface area contributed by atoms with E-state index in [4.69, 9.17) is 23.2 Å². The predicted octanol–water partition coefficient (Wildman–Crippen LogP) is 4.72. The first-order valence-corrected chi connectivity index (χ1v) is 6.98. The van der Waals surface area contributed by atoms with Gasteiger partial charge in [0.25, 0.3) is 0 Å². The SMILES string of the molecule is Clc1cccc(Cl)c1SCCc1ccccn1. The van der Waals surface area contributed by atoms with Crippen LogP contribution in [0, 0.1) is 0 Å². The largest absolute Gasteiger partial charge is 0.261 e. The summed E-state index contributed by atoms with van der Waals surface area (Å²) >= 11 is 13.8. The summed E-state index contributed by atoms with van der Waals surface area (Å²) in [6.07, 6.45) is 2.72. The summed E-state index contributed by atoms with van der Waals surface area (Å²) in [5.74, 6) is 0.917. The molecule has 0 bridgehead atoms. The van der Waals surface area contributed by atoms with Gasteiger partial charge >= 0.3 is 0 Å². The number of hydrogen-bond acceptors (Lipinski definition) is 2. The Bertz CT molecular complexity index is 468. The van der Waals surface area contributed by atoms with Crippen molar-refractivity contribution in [1.82, 2.24) is 4.98 Å². The van der Waals surface area contributed by atoms with E-state index >= 15 is 0 Å². The molecule has 0 saturated heterocycles. The molecule has 1 nitrogen and oxygen atoms in total. The molecule has 0 spiro atoms. The summed E-state index contributed by atoms with van der Waals surface area (Å²) in [7, 11) is 0. The number of halogens is 2. The molecule has 4 heteroatoms. The fourth-order valence-electron chi connectivity index (χ4n) is 1.42. The average molecular weight is 284 g/mol. The van der Waals surface area contributed by atoms with Gasteiger partial charge in [-0.15, -0.1) is 11.8 Å². The summed E-state index contributed by atoms with van der Waals surface area (Å²) in [6.45, 7) is 0. The van der Waals surface area contributed by atoms with Crippen LogP contribution in [-0.2, 0) is 6.42 Å². The van der Waals surface area contributed by atoms with Gasteiger partial charge in [0.05, 0.1) is 10.0 Å². The summed E-state index contributed by atoms with van der Waals surface area (Å²) < 4.78 is 0. The first kappa shape index (κ1) is 12.7. The Hall–Kier alpha value is -0.700. The standard InChI is InChI=1S/C13H11Cl2NS/c14-11-5-3-6-12(15)13(11)17-9-7-10-4-1-2-8-16-10/h1-6,8H,7,9H2. The van der Waals surface area contributed by atoms with Crippen molar-refractivity contribution in [1.29, 1.82) is 0 Å². The third-order valence-electron chi connectivity index (χ3n) is 2.25. The third kappa shape index (κ3) is 3.63. The Morgan fingerprint density at radius 3 is 2.41 bits per heavy atom. The van der Waals surface area contributed by atoms with E-state index < -0.39 is 0 Å². The maximum atomic E-state index is 6.09. The van der Waals surface area contributed by atoms with Gasteiger partial charge < -0.3 is 0 Å². The lowest BCUT2D eigenvalue weighted by Gasteiger charge is -2.05. The number of aromatic nitrogens is 1. The topological polar surface area (TPSA) is 12.9 Å². The zero-order chi connectivity index (χ0) is 12.1. The number of aryl methyl sites for hydroxylation is 1. The van der Waals surface area contributed by atoms with Gasteiger partial charge in [-0.3, -0.25) is 4.98 Å². The van der Waals surface area contributed by atoms with Crippen molar-refractivity contribution in [2.75, 3.05) is 5.75 Å². The molecule has 0 aliphatic heterocycles. The minimum absolute atomic E-state index is 0.712. The van der Waals surface area contributed by atoms with Gasteiger partial charge in [0.1, 0.15) is 0 Å². The van der Waals surface area contributed by atoms with Crippen molar-refractivity contribution in [3.8, 4) is 0 Å². The van der Waals surface area contributed by atoms with Crippen molar-refractivity contribution in [3.05, 3.63) is 58.3 Å². The van der Waals surface area contributed by atoms with E-state index in [9.17, 15) is 0 Å². The molecule has 2 rings (SSSR count). The molecule has 0 unspecified atom stereocenters. The summed E-state index contributed by atoms with van der Waals surface area (Å²) in [6, 6.07) is 11.5. The monoisotopic (exact) mass is 283 g/mol. The highest BCUT2D eigenvalue weighted by atomic mass is 35.5. The molecular formula is C13H11Cl2NS. The Labute approximate surface area is 115 Å². The van der Waals surface area contributed by atoms with Crippen LogP contribution in [0.3, 0.4) is 0 Å². The number of pyridine rings is 1. The molecule has 0 saturated carbocycles. The fraction of sp³-hybridized carbons (Fsp3) is 0.154. The van der Waals surface area contributed by atoms with Crippen LogP contribution in [0.5, 0.6) is 0 Å². The second-order valence-corrected chi connectivity index (χ2v) is 5.39. The van der Waals surface area contributed by atoms with E-state index in [0.717, 1.165) is 22.8 Å². The highest BCUT2D eigenvalue weighted by Gasteiger charge is 2.05. The molecule has 0 atom stereocenters. The second-order valence-electron chi connectivity index (χ2n) is 3.47. The summed E-state index contributed by atoms with van der Waals surface area (Å²) in [5, 5.41) is 1.42. The quantitative estimate of drug-likeness (QED) is 0.753. The van der Waals surface area contributed by atoms with Crippen LogP contribution >= 0.6 is 35.0 Å². The van der Waals surface area contributed by atoms with Crippen molar-refractivity contribution in [3.63, 3.8) is 0 Å². The lowest BCUT2D eigenvalue weighted by atomic mass is 10.3. The summed E-state index contributed by atoms with van der Waals surface area (Å²) in [5.41, 5.74) is 1.09. The van der Waals surface area contributed by atoms with Gasteiger partial charge in [0, 0.05) is 22.5 Å². The molecule has 17 heavy (non-hydrogen) atoms. The Morgan fingerprint density at radius 2 is 1.76 bits per heavy atom. The van der Waals surface area contributed by atoms with Gasteiger partial charge in [-0.25, -0.2) is 0 Å². The van der Waals surface area contributed by atoms with E-state index in [2.05, 4.69) is 4.98 Å². The minimum Gasteiger partial charge on any atom is -0.261 e. The zero-order valence-corrected chi connectivity index (χ0v) is 11.4. The van der Waals surface area contributed by atoms with Crippen molar-refractivity contribution >= 4 is 35.0 Å². The smallest absolute Gasteiger partial charge is 0.0556 e. The highest BCUT2D eigenvalue weighted by molar-refractivity contribution is 7.99. The Morgan fingerprint density at radius 1 is 1.00 bits per heavy atom. The van der Waals surface area contributed by atoms with Crippen LogP contribution < -0.4 is 0 Å². The van der Waals surface area contributed by atoms with E-state index in [1.54, 1.807) is 11.8 Å². The Balaban J connectivity index is 1.95. The fourth-order valence-corrected chi connectivity index (χ4v) is 3.08. The normalized spacial score (nSPS) is 10.5. The number of hydrogen-bond donors (Lipinski definition) is 0. The molecule has 1 heterocycles. The number of thioether (sulfide) groups is 1. The first-order valence-electron chi connectivity index (χ1n) is 5.24. The van der Waals surface area contributed by atoms with E-state index in [1.165, 1.54) is 0 Å². The van der Waals surface area contributed by atoms with Crippen LogP contribution in [0.25, 0.3) is 0 Å². The third-order valence-corrected chi connectivity index (χ3v) is 4.24. The lowest BCUT2D eigenvalue weighted by molar-refractivity contribution is 1.05. The van der Waals surface area contributed by atoms with Gasteiger partial charge in [0.2, 0.25) is 0 Å². The Kier molecular flexibility index (Phi) is 4.72. The maximum absolute atomic E-state index is 6.09. The molecule has 0 fully saturated rings. The van der Waals surface area contributed by atoms with Crippen LogP contribution in [0.4, 0.5) is 0 Å². The number of rotatable bonds is 4. The molecule has 2 aromatic rings. The van der Waals surface area contributed by atoms with Crippen LogP contribution in [0.1, 0.15) is 5.69 Å². The predicted molar refractivity (Wildman–Crippen MR) is 75.1 cm³/mol. The molecule has 1 aromatic carbocycles. The molecular weight excluding hydrogens is 273 g/mol. The first-order chi connectivity index (χ1) is 8.27. The van der Waals surface area contributed by atoms with E-state index in [1.807, 2.05) is 42.6 Å². The van der Waals surface area contributed by atoms with E-state index in [-0.39, 0.29) is 0 Å². The molecule has 0 radical (unpaired) electrons. The maximum Gasteiger partial charge on any atom is 0.0556 e. The number of benzene rings is 1. The molecule has 0 aliphatic carbocycles. The van der Waals surface area contributed by atoms with Gasteiger partial charge in [-0.05, 0) is 30.7 Å². The zero-order valence-electron chi connectivity index (χ0n) is 9.07. The van der Waals surface area contributed by atoms with Gasteiger partial charge in [-0.2, -0.15) is 0 Å². The average Bonchev–Trinajstić information content (AvgIpc) is 2.34. The summed E-state index contributed by atoms with van der Waals surface area (Å²) in [4.78, 5) is 5.23. The molecule has 1 aromatic heterocycles. The molecule has 0 amide bonds. The molecule has 0 aliphatic rings. The van der Waals surface area contributed by atoms with Gasteiger partial charge in [-0.1, -0.05) is 35.3 Å².